The van der Waals surface area contributed by atoms with Gasteiger partial charge in [-0.15, -0.1) is 11.3 Å². The van der Waals surface area contributed by atoms with Gasteiger partial charge in [-0.1, -0.05) is 37.3 Å². The van der Waals surface area contributed by atoms with Crippen LogP contribution in [0.2, 0.25) is 0 Å². The third kappa shape index (κ3) is 4.95. The summed E-state index contributed by atoms with van der Waals surface area (Å²) in [7, 11) is 1.94. The van der Waals surface area contributed by atoms with Gasteiger partial charge < -0.3 is 5.32 Å². The number of hydrogen-bond acceptors (Lipinski definition) is 4. The number of rotatable bonds is 7. The Kier molecular flexibility index (Phi) is 5.90. The van der Waals surface area contributed by atoms with Crippen LogP contribution in [0.15, 0.2) is 35.7 Å². The lowest BCUT2D eigenvalue weighted by atomic mass is 10.2. The summed E-state index contributed by atoms with van der Waals surface area (Å²) >= 11 is 1.64. The van der Waals surface area contributed by atoms with Crippen molar-refractivity contribution in [1.82, 2.24) is 15.2 Å². The fourth-order valence-corrected chi connectivity index (χ4v) is 2.81. The van der Waals surface area contributed by atoms with Crippen molar-refractivity contribution in [3.63, 3.8) is 0 Å². The second-order valence-electron chi connectivity index (χ2n) is 5.03. The molecular weight excluding hydrogens is 282 g/mol. The predicted octanol–water partition coefficient (Wildman–Crippen LogP) is 2.77. The van der Waals surface area contributed by atoms with Gasteiger partial charge in [0.2, 0.25) is 5.91 Å². The Hall–Kier alpha value is -1.72. The van der Waals surface area contributed by atoms with E-state index < -0.39 is 0 Å². The lowest BCUT2D eigenvalue weighted by Crippen LogP contribution is -2.35. The van der Waals surface area contributed by atoms with Crippen molar-refractivity contribution in [2.24, 2.45) is 0 Å². The molecule has 5 heteroatoms. The van der Waals surface area contributed by atoms with Crippen molar-refractivity contribution < 1.29 is 4.79 Å². The summed E-state index contributed by atoms with van der Waals surface area (Å²) in [4.78, 5) is 18.3. The van der Waals surface area contributed by atoms with E-state index in [2.05, 4.69) is 27.8 Å². The lowest BCUT2D eigenvalue weighted by molar-refractivity contribution is -0.122. The first-order chi connectivity index (χ1) is 10.2. The molecule has 1 heterocycles. The first-order valence-corrected chi connectivity index (χ1v) is 8.02. The van der Waals surface area contributed by atoms with Gasteiger partial charge in [0.25, 0.3) is 0 Å². The number of aromatic nitrogens is 1. The lowest BCUT2D eigenvalue weighted by Gasteiger charge is -2.14. The monoisotopic (exact) mass is 303 g/mol. The number of nitrogens with zero attached hydrogens (tertiary/aromatic N) is 2. The van der Waals surface area contributed by atoms with E-state index in [4.69, 9.17) is 0 Å². The Morgan fingerprint density at radius 2 is 2.10 bits per heavy atom. The van der Waals surface area contributed by atoms with Gasteiger partial charge >= 0.3 is 0 Å². The van der Waals surface area contributed by atoms with Crippen molar-refractivity contribution >= 4 is 17.2 Å². The van der Waals surface area contributed by atoms with Gasteiger partial charge in [-0.2, -0.15) is 0 Å². The average Bonchev–Trinajstić information content (AvgIpc) is 2.94. The molecule has 0 saturated heterocycles. The normalized spacial score (nSPS) is 10.8. The number of nitrogens with one attached hydrogen (secondary N) is 1. The van der Waals surface area contributed by atoms with E-state index in [0.29, 0.717) is 13.1 Å². The fraction of sp³-hybridized carbons (Fsp3) is 0.375. The second kappa shape index (κ2) is 7.90. The largest absolute Gasteiger partial charge is 0.355 e. The number of amides is 1. The number of hydrogen-bond donors (Lipinski definition) is 1. The molecule has 21 heavy (non-hydrogen) atoms. The molecule has 1 N–H and O–H groups in total. The van der Waals surface area contributed by atoms with Crippen LogP contribution in [0, 0.1) is 0 Å². The highest BCUT2D eigenvalue weighted by molar-refractivity contribution is 7.13. The molecule has 0 fully saturated rings. The molecule has 0 saturated carbocycles. The van der Waals surface area contributed by atoms with Gasteiger partial charge in [-0.3, -0.25) is 9.69 Å². The van der Waals surface area contributed by atoms with Crippen LogP contribution in [-0.2, 0) is 11.3 Å². The van der Waals surface area contributed by atoms with Crippen LogP contribution in [0.5, 0.6) is 0 Å². The van der Waals surface area contributed by atoms with Crippen LogP contribution >= 0.6 is 11.3 Å². The molecule has 0 spiro atoms. The van der Waals surface area contributed by atoms with Crippen molar-refractivity contribution in [3.05, 3.63) is 41.4 Å². The first-order valence-electron chi connectivity index (χ1n) is 7.14. The highest BCUT2D eigenvalue weighted by Crippen LogP contribution is 2.23. The molecule has 2 aromatic rings. The topological polar surface area (TPSA) is 45.2 Å². The molecule has 0 atom stereocenters. The summed E-state index contributed by atoms with van der Waals surface area (Å²) in [6.45, 7) is 3.87. The molecule has 0 aliphatic carbocycles. The number of carbonyl (C=O) groups excluding carboxylic acids is 1. The molecule has 0 aliphatic rings. The molecule has 0 bridgehead atoms. The van der Waals surface area contributed by atoms with E-state index in [1.165, 1.54) is 0 Å². The summed E-state index contributed by atoms with van der Waals surface area (Å²) in [6.07, 6.45) is 0.960. The summed E-state index contributed by atoms with van der Waals surface area (Å²) < 4.78 is 0. The Labute approximate surface area is 129 Å². The molecule has 1 aromatic heterocycles. The minimum atomic E-state index is 0.0675. The molecule has 2 rings (SSSR count). The van der Waals surface area contributed by atoms with Gasteiger partial charge in [0.1, 0.15) is 5.01 Å². The molecule has 1 amide bonds. The van der Waals surface area contributed by atoms with Crippen LogP contribution in [0.3, 0.4) is 0 Å². The fourth-order valence-electron chi connectivity index (χ4n) is 1.99. The number of thiazole rings is 1. The number of carbonyl (C=O) groups is 1. The average molecular weight is 303 g/mol. The molecular formula is C16H21N3OS. The zero-order valence-electron chi connectivity index (χ0n) is 12.5. The van der Waals surface area contributed by atoms with Gasteiger partial charge in [-0.25, -0.2) is 4.98 Å². The number of benzene rings is 1. The SMILES string of the molecule is CCCNC(=O)CN(C)Cc1csc(-c2ccccc2)n1. The van der Waals surface area contributed by atoms with Crippen molar-refractivity contribution in [3.8, 4) is 10.6 Å². The summed E-state index contributed by atoms with van der Waals surface area (Å²) in [5, 5.41) is 5.96. The van der Waals surface area contributed by atoms with Crippen LogP contribution in [-0.4, -0.2) is 35.9 Å². The van der Waals surface area contributed by atoms with Gasteiger partial charge in [0.05, 0.1) is 12.2 Å². The van der Waals surface area contributed by atoms with E-state index in [9.17, 15) is 4.79 Å². The van der Waals surface area contributed by atoms with Crippen molar-refractivity contribution in [2.45, 2.75) is 19.9 Å². The van der Waals surface area contributed by atoms with E-state index in [0.717, 1.165) is 29.2 Å². The van der Waals surface area contributed by atoms with Gasteiger partial charge in [0, 0.05) is 24.0 Å². The molecule has 0 radical (unpaired) electrons. The Bertz CT molecular complexity index is 568. The zero-order valence-corrected chi connectivity index (χ0v) is 13.3. The van der Waals surface area contributed by atoms with E-state index in [-0.39, 0.29) is 5.91 Å². The molecule has 112 valence electrons. The maximum Gasteiger partial charge on any atom is 0.234 e. The maximum absolute atomic E-state index is 11.7. The minimum Gasteiger partial charge on any atom is -0.355 e. The Morgan fingerprint density at radius 1 is 1.33 bits per heavy atom. The van der Waals surface area contributed by atoms with E-state index in [1.807, 2.05) is 37.1 Å². The minimum absolute atomic E-state index is 0.0675. The highest BCUT2D eigenvalue weighted by Gasteiger charge is 2.09. The zero-order chi connectivity index (χ0) is 15.1. The summed E-state index contributed by atoms with van der Waals surface area (Å²) in [5.41, 5.74) is 2.14. The van der Waals surface area contributed by atoms with E-state index >= 15 is 0 Å². The molecule has 0 unspecified atom stereocenters. The van der Waals surface area contributed by atoms with Crippen molar-refractivity contribution in [2.75, 3.05) is 20.1 Å². The molecule has 1 aromatic carbocycles. The van der Waals surface area contributed by atoms with Crippen LogP contribution in [0.1, 0.15) is 19.0 Å². The summed E-state index contributed by atoms with van der Waals surface area (Å²) in [5.74, 6) is 0.0675. The van der Waals surface area contributed by atoms with Crippen molar-refractivity contribution in [1.29, 1.82) is 0 Å². The standard InChI is InChI=1S/C16H21N3OS/c1-3-9-17-15(20)11-19(2)10-14-12-21-16(18-14)13-7-5-4-6-8-13/h4-8,12H,3,9-11H2,1-2H3,(H,17,20). The third-order valence-corrected chi connectivity index (χ3v) is 3.93. The molecule has 4 nitrogen and oxygen atoms in total. The first kappa shape index (κ1) is 15.7. The molecule has 0 aliphatic heterocycles. The van der Waals surface area contributed by atoms with Crippen LogP contribution < -0.4 is 5.32 Å². The van der Waals surface area contributed by atoms with Gasteiger partial charge in [-0.05, 0) is 13.5 Å². The van der Waals surface area contributed by atoms with Crippen LogP contribution in [0.25, 0.3) is 10.6 Å². The maximum atomic E-state index is 11.7. The third-order valence-electron chi connectivity index (χ3n) is 2.99. The Morgan fingerprint density at radius 3 is 2.81 bits per heavy atom. The van der Waals surface area contributed by atoms with Gasteiger partial charge in [0.15, 0.2) is 0 Å². The highest BCUT2D eigenvalue weighted by atomic mass is 32.1. The second-order valence-corrected chi connectivity index (χ2v) is 5.89. The van der Waals surface area contributed by atoms with E-state index in [1.54, 1.807) is 11.3 Å². The predicted molar refractivity (Wildman–Crippen MR) is 87.2 cm³/mol. The summed E-state index contributed by atoms with van der Waals surface area (Å²) in [6, 6.07) is 10.1. The smallest absolute Gasteiger partial charge is 0.234 e. The quantitative estimate of drug-likeness (QED) is 0.855. The van der Waals surface area contributed by atoms with Crippen LogP contribution in [0.4, 0.5) is 0 Å². The Balaban J connectivity index is 1.89. The number of likely N-dealkylation sites (N-methyl/N-ethyl adjacent to an activating group) is 1.